The maximum absolute atomic E-state index is 12.2. The van der Waals surface area contributed by atoms with Gasteiger partial charge in [0.05, 0.1) is 6.67 Å². The molecule has 2 nitrogen and oxygen atoms in total. The summed E-state index contributed by atoms with van der Waals surface area (Å²) in [6.07, 6.45) is 0. The average Bonchev–Trinajstić information content (AvgIpc) is 2.30. The Kier molecular flexibility index (Phi) is 2.63. The lowest BCUT2D eigenvalue weighted by molar-refractivity contribution is 0.313. The smallest absolute Gasteiger partial charge is 0.0938 e. The lowest BCUT2D eigenvalue weighted by Crippen LogP contribution is -2.23. The van der Waals surface area contributed by atoms with Crippen LogP contribution in [0.1, 0.15) is 0 Å². The van der Waals surface area contributed by atoms with Crippen LogP contribution in [0, 0.1) is 11.8 Å². The molecular formula is C7H15FN2. The minimum Gasteiger partial charge on any atom is -0.330 e. The van der Waals surface area contributed by atoms with Crippen LogP contribution in [-0.4, -0.2) is 38.3 Å². The molecule has 2 atom stereocenters. The van der Waals surface area contributed by atoms with Crippen LogP contribution in [0.25, 0.3) is 0 Å². The van der Waals surface area contributed by atoms with Gasteiger partial charge >= 0.3 is 0 Å². The molecule has 0 spiro atoms. The van der Waals surface area contributed by atoms with Gasteiger partial charge < -0.3 is 10.6 Å². The Bertz CT molecular complexity index is 95.8. The van der Waals surface area contributed by atoms with Gasteiger partial charge in [-0.15, -0.1) is 0 Å². The molecule has 2 N–H and O–H groups in total. The molecule has 0 amide bonds. The van der Waals surface area contributed by atoms with Crippen molar-refractivity contribution in [2.75, 3.05) is 33.4 Å². The molecule has 10 heavy (non-hydrogen) atoms. The number of hydrogen-bond donors (Lipinski definition) is 1. The van der Waals surface area contributed by atoms with Gasteiger partial charge in [-0.3, -0.25) is 4.39 Å². The molecular weight excluding hydrogens is 131 g/mol. The molecule has 1 rings (SSSR count). The number of alkyl halides is 1. The van der Waals surface area contributed by atoms with Crippen molar-refractivity contribution in [3.63, 3.8) is 0 Å². The van der Waals surface area contributed by atoms with Crippen LogP contribution in [-0.2, 0) is 0 Å². The second-order valence-corrected chi connectivity index (χ2v) is 3.13. The van der Waals surface area contributed by atoms with Crippen molar-refractivity contribution >= 4 is 0 Å². The van der Waals surface area contributed by atoms with Gasteiger partial charge in [-0.25, -0.2) is 0 Å². The van der Waals surface area contributed by atoms with Gasteiger partial charge in [-0.2, -0.15) is 0 Å². The average molecular weight is 146 g/mol. The fourth-order valence-electron chi connectivity index (χ4n) is 1.62. The van der Waals surface area contributed by atoms with Crippen LogP contribution < -0.4 is 5.73 Å². The molecule has 60 valence electrons. The first-order chi connectivity index (χ1) is 4.77. The maximum Gasteiger partial charge on any atom is 0.0938 e. The third-order valence-electron chi connectivity index (χ3n) is 2.26. The number of nitrogens with zero attached hydrogens (tertiary/aromatic N) is 1. The molecule has 1 aliphatic rings. The van der Waals surface area contributed by atoms with E-state index in [9.17, 15) is 4.39 Å². The van der Waals surface area contributed by atoms with Crippen LogP contribution in [0.15, 0.2) is 0 Å². The molecule has 2 unspecified atom stereocenters. The molecule has 0 aromatic rings. The van der Waals surface area contributed by atoms with Crippen molar-refractivity contribution in [2.24, 2.45) is 17.6 Å². The summed E-state index contributed by atoms with van der Waals surface area (Å²) in [6.45, 7) is 2.24. The van der Waals surface area contributed by atoms with E-state index in [1.165, 1.54) is 0 Å². The molecule has 0 aliphatic carbocycles. The van der Waals surface area contributed by atoms with E-state index in [0.717, 1.165) is 13.1 Å². The zero-order valence-corrected chi connectivity index (χ0v) is 6.39. The predicted octanol–water partition coefficient (Wildman–Crippen LogP) is 0.0924. The molecule has 0 bridgehead atoms. The van der Waals surface area contributed by atoms with Crippen LogP contribution in [0.2, 0.25) is 0 Å². The second-order valence-electron chi connectivity index (χ2n) is 3.13. The first-order valence-electron chi connectivity index (χ1n) is 3.72. The van der Waals surface area contributed by atoms with E-state index in [4.69, 9.17) is 5.73 Å². The molecule has 0 radical (unpaired) electrons. The molecule has 1 heterocycles. The molecule has 1 aliphatic heterocycles. The predicted molar refractivity (Wildman–Crippen MR) is 39.5 cm³/mol. The van der Waals surface area contributed by atoms with Gasteiger partial charge in [0.2, 0.25) is 0 Å². The number of likely N-dealkylation sites (tertiary alicyclic amines) is 1. The Morgan fingerprint density at radius 3 is 2.50 bits per heavy atom. The SMILES string of the molecule is CN1CC(CN)C(CF)C1. The first-order valence-corrected chi connectivity index (χ1v) is 3.72. The van der Waals surface area contributed by atoms with Gasteiger partial charge in [0.25, 0.3) is 0 Å². The zero-order chi connectivity index (χ0) is 7.56. The fraction of sp³-hybridized carbons (Fsp3) is 1.00. The van der Waals surface area contributed by atoms with Crippen LogP contribution >= 0.6 is 0 Å². The summed E-state index contributed by atoms with van der Waals surface area (Å²) in [5.41, 5.74) is 5.47. The normalized spacial score (nSPS) is 35.1. The highest BCUT2D eigenvalue weighted by Crippen LogP contribution is 2.20. The van der Waals surface area contributed by atoms with E-state index < -0.39 is 0 Å². The lowest BCUT2D eigenvalue weighted by Gasteiger charge is -2.10. The Balaban J connectivity index is 2.41. The molecule has 3 heteroatoms. The van der Waals surface area contributed by atoms with Gasteiger partial charge in [0.1, 0.15) is 0 Å². The Hall–Kier alpha value is -0.150. The quantitative estimate of drug-likeness (QED) is 0.598. The monoisotopic (exact) mass is 146 g/mol. The molecule has 0 aromatic carbocycles. The Morgan fingerprint density at radius 2 is 2.10 bits per heavy atom. The van der Waals surface area contributed by atoms with Crippen LogP contribution in [0.4, 0.5) is 4.39 Å². The van der Waals surface area contributed by atoms with Gasteiger partial charge in [0.15, 0.2) is 0 Å². The van der Waals surface area contributed by atoms with Crippen LogP contribution in [0.5, 0.6) is 0 Å². The Labute approximate surface area is 61.2 Å². The summed E-state index contributed by atoms with van der Waals surface area (Å²) >= 11 is 0. The highest BCUT2D eigenvalue weighted by molar-refractivity contribution is 4.82. The highest BCUT2D eigenvalue weighted by atomic mass is 19.1. The highest BCUT2D eigenvalue weighted by Gasteiger charge is 2.29. The van der Waals surface area contributed by atoms with Crippen molar-refractivity contribution in [3.8, 4) is 0 Å². The summed E-state index contributed by atoms with van der Waals surface area (Å²) in [4.78, 5) is 2.14. The summed E-state index contributed by atoms with van der Waals surface area (Å²) in [5.74, 6) is 0.574. The van der Waals surface area contributed by atoms with Crippen LogP contribution in [0.3, 0.4) is 0 Å². The van der Waals surface area contributed by atoms with Crippen molar-refractivity contribution in [1.29, 1.82) is 0 Å². The van der Waals surface area contributed by atoms with Crippen molar-refractivity contribution in [1.82, 2.24) is 4.90 Å². The fourth-order valence-corrected chi connectivity index (χ4v) is 1.62. The molecule has 0 saturated carbocycles. The van der Waals surface area contributed by atoms with E-state index in [0.29, 0.717) is 12.5 Å². The minimum atomic E-state index is -0.216. The summed E-state index contributed by atoms with van der Waals surface area (Å²) in [5, 5.41) is 0. The second kappa shape index (κ2) is 3.30. The lowest BCUT2D eigenvalue weighted by atomic mass is 9.98. The molecule has 1 fully saturated rings. The van der Waals surface area contributed by atoms with Crippen molar-refractivity contribution in [2.45, 2.75) is 0 Å². The van der Waals surface area contributed by atoms with Gasteiger partial charge in [-0.1, -0.05) is 0 Å². The molecule has 1 saturated heterocycles. The summed E-state index contributed by atoms with van der Waals surface area (Å²) in [6, 6.07) is 0. The Morgan fingerprint density at radius 1 is 1.50 bits per heavy atom. The van der Waals surface area contributed by atoms with E-state index in [-0.39, 0.29) is 12.6 Å². The maximum atomic E-state index is 12.2. The minimum absolute atomic E-state index is 0.190. The number of nitrogens with two attached hydrogens (primary N) is 1. The topological polar surface area (TPSA) is 29.3 Å². The first kappa shape index (κ1) is 7.95. The van der Waals surface area contributed by atoms with E-state index >= 15 is 0 Å². The van der Waals surface area contributed by atoms with Gasteiger partial charge in [0, 0.05) is 19.0 Å². The summed E-state index contributed by atoms with van der Waals surface area (Å²) < 4.78 is 12.2. The zero-order valence-electron chi connectivity index (χ0n) is 6.39. The van der Waals surface area contributed by atoms with E-state index in [1.807, 2.05) is 7.05 Å². The molecule has 0 aromatic heterocycles. The van der Waals surface area contributed by atoms with Gasteiger partial charge in [-0.05, 0) is 19.5 Å². The van der Waals surface area contributed by atoms with Crippen molar-refractivity contribution in [3.05, 3.63) is 0 Å². The number of rotatable bonds is 2. The largest absolute Gasteiger partial charge is 0.330 e. The third-order valence-corrected chi connectivity index (χ3v) is 2.26. The van der Waals surface area contributed by atoms with Crippen molar-refractivity contribution < 1.29 is 4.39 Å². The summed E-state index contributed by atoms with van der Waals surface area (Å²) in [7, 11) is 2.01. The third kappa shape index (κ3) is 1.47. The van der Waals surface area contributed by atoms with E-state index in [2.05, 4.69) is 4.90 Å². The number of hydrogen-bond acceptors (Lipinski definition) is 2. The standard InChI is InChI=1S/C7H15FN2/c1-10-4-6(2-8)7(3-9)5-10/h6-7H,2-5,9H2,1H3. The van der Waals surface area contributed by atoms with E-state index in [1.54, 1.807) is 0 Å². The number of halogens is 1.